The topological polar surface area (TPSA) is 24.5 Å². The van der Waals surface area contributed by atoms with Gasteiger partial charge in [0, 0.05) is 44.9 Å². The summed E-state index contributed by atoms with van der Waals surface area (Å²) in [6.45, 7) is 9.17. The highest BCUT2D eigenvalue weighted by atomic mass is 16.5. The molecule has 3 heteroatoms. The number of rotatable bonds is 5. The van der Waals surface area contributed by atoms with E-state index in [2.05, 4.69) is 24.1 Å². The molecule has 0 amide bonds. The number of nitrogens with one attached hydrogen (secondary N) is 1. The Kier molecular flexibility index (Phi) is 3.88. The van der Waals surface area contributed by atoms with Crippen molar-refractivity contribution < 1.29 is 4.74 Å². The summed E-state index contributed by atoms with van der Waals surface area (Å²) in [5.41, 5.74) is 0.394. The third-order valence-electron chi connectivity index (χ3n) is 4.40. The van der Waals surface area contributed by atoms with Gasteiger partial charge in [-0.05, 0) is 39.0 Å². The van der Waals surface area contributed by atoms with Crippen molar-refractivity contribution in [2.45, 2.75) is 44.7 Å². The first-order valence-corrected chi connectivity index (χ1v) is 6.65. The fraction of sp³-hybridized carbons (Fsp3) is 1.00. The molecule has 3 nitrogen and oxygen atoms in total. The molecule has 1 saturated heterocycles. The van der Waals surface area contributed by atoms with Gasteiger partial charge in [-0.1, -0.05) is 0 Å². The van der Waals surface area contributed by atoms with Gasteiger partial charge in [0.15, 0.2) is 0 Å². The Balaban J connectivity index is 1.98. The molecule has 94 valence electrons. The number of hydrogen-bond donors (Lipinski definition) is 1. The largest absolute Gasteiger partial charge is 0.385 e. The highest BCUT2D eigenvalue weighted by Gasteiger charge is 2.47. The van der Waals surface area contributed by atoms with Crippen LogP contribution in [0.3, 0.4) is 0 Å². The lowest BCUT2D eigenvalue weighted by molar-refractivity contribution is 0.0107. The van der Waals surface area contributed by atoms with Crippen LogP contribution in [0.5, 0.6) is 0 Å². The number of hydrogen-bond acceptors (Lipinski definition) is 3. The van der Waals surface area contributed by atoms with Crippen molar-refractivity contribution in [3.05, 3.63) is 0 Å². The van der Waals surface area contributed by atoms with E-state index in [-0.39, 0.29) is 0 Å². The van der Waals surface area contributed by atoms with E-state index < -0.39 is 0 Å². The molecule has 0 spiro atoms. The van der Waals surface area contributed by atoms with E-state index in [0.717, 1.165) is 32.0 Å². The number of ether oxygens (including phenoxy) is 1. The number of piperazine rings is 1. The zero-order valence-corrected chi connectivity index (χ0v) is 11.0. The third kappa shape index (κ3) is 2.41. The minimum atomic E-state index is 0.394. The van der Waals surface area contributed by atoms with Crippen molar-refractivity contribution in [1.29, 1.82) is 0 Å². The average molecular weight is 226 g/mol. The molecule has 1 N–H and O–H groups in total. The zero-order chi connectivity index (χ0) is 11.6. The molecule has 1 heterocycles. The molecule has 2 fully saturated rings. The maximum absolute atomic E-state index is 5.21. The Bertz CT molecular complexity index is 230. The Morgan fingerprint density at radius 3 is 2.88 bits per heavy atom. The predicted octanol–water partition coefficient (Wildman–Crippen LogP) is 1.49. The Morgan fingerprint density at radius 2 is 2.25 bits per heavy atom. The van der Waals surface area contributed by atoms with E-state index in [0.29, 0.717) is 11.6 Å². The molecule has 1 saturated carbocycles. The lowest BCUT2D eigenvalue weighted by Crippen LogP contribution is -2.63. The molecular weight excluding hydrogens is 200 g/mol. The van der Waals surface area contributed by atoms with Crippen LogP contribution in [-0.2, 0) is 4.74 Å². The van der Waals surface area contributed by atoms with Crippen molar-refractivity contribution in [3.63, 3.8) is 0 Å². The molecule has 2 atom stereocenters. The molecular formula is C13H26N2O. The lowest BCUT2D eigenvalue weighted by atomic mass is 9.89. The molecule has 2 rings (SSSR count). The lowest BCUT2D eigenvalue weighted by Gasteiger charge is -2.49. The maximum Gasteiger partial charge on any atom is 0.0477 e. The van der Waals surface area contributed by atoms with Crippen LogP contribution < -0.4 is 5.32 Å². The molecule has 0 aromatic heterocycles. The van der Waals surface area contributed by atoms with Gasteiger partial charge in [0.05, 0.1) is 0 Å². The van der Waals surface area contributed by atoms with E-state index in [1.807, 2.05) is 0 Å². The Hall–Kier alpha value is -0.120. The minimum Gasteiger partial charge on any atom is -0.385 e. The maximum atomic E-state index is 5.21. The quantitative estimate of drug-likeness (QED) is 0.768. The zero-order valence-electron chi connectivity index (χ0n) is 11.0. The highest BCUT2D eigenvalue weighted by molar-refractivity contribution is 5.04. The Labute approximate surface area is 99.5 Å². The molecule has 2 aliphatic rings. The van der Waals surface area contributed by atoms with Crippen LogP contribution in [0, 0.1) is 5.92 Å². The van der Waals surface area contributed by atoms with Gasteiger partial charge in [-0.25, -0.2) is 0 Å². The first-order chi connectivity index (χ1) is 7.68. The summed E-state index contributed by atoms with van der Waals surface area (Å²) in [6, 6.07) is 0.646. The van der Waals surface area contributed by atoms with Crippen LogP contribution in [0.1, 0.15) is 33.1 Å². The third-order valence-corrected chi connectivity index (χ3v) is 4.40. The summed E-state index contributed by atoms with van der Waals surface area (Å²) in [5.74, 6) is 0.922. The molecule has 2 unspecified atom stereocenters. The van der Waals surface area contributed by atoms with Crippen molar-refractivity contribution in [2.24, 2.45) is 5.92 Å². The van der Waals surface area contributed by atoms with Gasteiger partial charge in [0.2, 0.25) is 0 Å². The fourth-order valence-corrected chi connectivity index (χ4v) is 3.15. The van der Waals surface area contributed by atoms with Gasteiger partial charge in [-0.2, -0.15) is 0 Å². The summed E-state index contributed by atoms with van der Waals surface area (Å²) in [7, 11) is 1.80. The van der Waals surface area contributed by atoms with Gasteiger partial charge in [-0.15, -0.1) is 0 Å². The van der Waals surface area contributed by atoms with Gasteiger partial charge in [0.25, 0.3) is 0 Å². The van der Waals surface area contributed by atoms with Crippen LogP contribution in [-0.4, -0.2) is 49.8 Å². The molecule has 1 aliphatic carbocycles. The molecule has 1 aliphatic heterocycles. The average Bonchev–Trinajstić information content (AvgIpc) is 3.10. The van der Waals surface area contributed by atoms with E-state index >= 15 is 0 Å². The molecule has 16 heavy (non-hydrogen) atoms. The first kappa shape index (κ1) is 12.3. The van der Waals surface area contributed by atoms with Crippen LogP contribution in [0.15, 0.2) is 0 Å². The summed E-state index contributed by atoms with van der Waals surface area (Å²) in [4.78, 5) is 2.72. The van der Waals surface area contributed by atoms with Crippen LogP contribution >= 0.6 is 0 Å². The fourth-order valence-electron chi connectivity index (χ4n) is 3.15. The van der Waals surface area contributed by atoms with Crippen molar-refractivity contribution in [1.82, 2.24) is 10.2 Å². The summed E-state index contributed by atoms with van der Waals surface area (Å²) in [6.07, 6.45) is 4.00. The molecule has 0 bridgehead atoms. The SMILES string of the molecule is COCCC(C)N1CCNCC1(C)C1CC1. The molecule has 0 radical (unpaired) electrons. The smallest absolute Gasteiger partial charge is 0.0477 e. The van der Waals surface area contributed by atoms with Gasteiger partial charge in [-0.3, -0.25) is 4.90 Å². The van der Waals surface area contributed by atoms with Crippen LogP contribution in [0.4, 0.5) is 0 Å². The molecule has 0 aromatic carbocycles. The minimum absolute atomic E-state index is 0.394. The Morgan fingerprint density at radius 1 is 1.50 bits per heavy atom. The number of nitrogens with zero attached hydrogens (tertiary/aromatic N) is 1. The number of methoxy groups -OCH3 is 1. The molecule has 0 aromatic rings. The second kappa shape index (κ2) is 5.03. The predicted molar refractivity (Wildman–Crippen MR) is 66.7 cm³/mol. The van der Waals surface area contributed by atoms with E-state index in [4.69, 9.17) is 4.74 Å². The second-order valence-electron chi connectivity index (χ2n) is 5.63. The van der Waals surface area contributed by atoms with Crippen LogP contribution in [0.25, 0.3) is 0 Å². The van der Waals surface area contributed by atoms with Gasteiger partial charge in [0.1, 0.15) is 0 Å². The summed E-state index contributed by atoms with van der Waals surface area (Å²) < 4.78 is 5.21. The van der Waals surface area contributed by atoms with Crippen molar-refractivity contribution in [3.8, 4) is 0 Å². The van der Waals surface area contributed by atoms with Crippen LogP contribution in [0.2, 0.25) is 0 Å². The standard InChI is InChI=1S/C13H26N2O/c1-11(6-9-16-3)15-8-7-14-10-13(15,2)12-4-5-12/h11-12,14H,4-10H2,1-3H3. The van der Waals surface area contributed by atoms with E-state index in [9.17, 15) is 0 Å². The van der Waals surface area contributed by atoms with E-state index in [1.54, 1.807) is 7.11 Å². The first-order valence-electron chi connectivity index (χ1n) is 6.65. The highest BCUT2D eigenvalue weighted by Crippen LogP contribution is 2.44. The van der Waals surface area contributed by atoms with Gasteiger partial charge >= 0.3 is 0 Å². The normalized spacial score (nSPS) is 33.9. The van der Waals surface area contributed by atoms with Gasteiger partial charge < -0.3 is 10.1 Å². The summed E-state index contributed by atoms with van der Waals surface area (Å²) >= 11 is 0. The monoisotopic (exact) mass is 226 g/mol. The second-order valence-corrected chi connectivity index (χ2v) is 5.63. The summed E-state index contributed by atoms with van der Waals surface area (Å²) in [5, 5.41) is 3.56. The van der Waals surface area contributed by atoms with Crippen molar-refractivity contribution in [2.75, 3.05) is 33.4 Å². The van der Waals surface area contributed by atoms with Crippen molar-refractivity contribution >= 4 is 0 Å². The van der Waals surface area contributed by atoms with E-state index in [1.165, 1.54) is 19.4 Å².